The van der Waals surface area contributed by atoms with E-state index >= 15 is 0 Å². The van der Waals surface area contributed by atoms with Crippen molar-refractivity contribution in [3.05, 3.63) is 23.8 Å². The van der Waals surface area contributed by atoms with E-state index in [4.69, 9.17) is 9.47 Å². The molecule has 1 amide bonds. The molecule has 128 valence electrons. The minimum atomic E-state index is 0.148. The number of nitrogens with one attached hydrogen (secondary N) is 1. The summed E-state index contributed by atoms with van der Waals surface area (Å²) in [5.41, 5.74) is 1.19. The Kier molecular flexibility index (Phi) is 6.71. The fourth-order valence-electron chi connectivity index (χ4n) is 3.06. The van der Waals surface area contributed by atoms with Crippen LogP contribution in [0.2, 0.25) is 0 Å². The molecule has 1 aromatic rings. The maximum absolute atomic E-state index is 12.2. The molecule has 0 radical (unpaired) electrons. The van der Waals surface area contributed by atoms with Crippen LogP contribution in [0.4, 0.5) is 0 Å². The summed E-state index contributed by atoms with van der Waals surface area (Å²) in [5, 5.41) is 3.07. The van der Waals surface area contributed by atoms with Gasteiger partial charge in [-0.1, -0.05) is 6.07 Å². The van der Waals surface area contributed by atoms with Crippen LogP contribution in [-0.4, -0.2) is 51.7 Å². The molecule has 1 aliphatic rings. The Morgan fingerprint density at radius 1 is 1.30 bits per heavy atom. The second-order valence-corrected chi connectivity index (χ2v) is 6.19. The van der Waals surface area contributed by atoms with Gasteiger partial charge in [0, 0.05) is 13.1 Å². The normalized spacial score (nSPS) is 18.5. The van der Waals surface area contributed by atoms with Gasteiger partial charge in [-0.15, -0.1) is 0 Å². The number of hydrogen-bond acceptors (Lipinski definition) is 4. The van der Waals surface area contributed by atoms with Crippen LogP contribution >= 0.6 is 0 Å². The summed E-state index contributed by atoms with van der Waals surface area (Å²) in [6, 6.07) is 5.96. The summed E-state index contributed by atoms with van der Waals surface area (Å²) in [5.74, 6) is 1.84. The standard InChI is InChI=1S/C18H28N2O3/c1-20-11-5-7-15(13-20)18(21)19-10-4-6-14-8-9-16(22-2)17(12-14)23-3/h8-9,12,15H,4-7,10-11,13H2,1-3H3,(H,19,21)/t15-/m0/s1. The number of carbonyl (C=O) groups is 1. The molecule has 0 aliphatic carbocycles. The number of methoxy groups -OCH3 is 2. The van der Waals surface area contributed by atoms with Crippen molar-refractivity contribution in [2.45, 2.75) is 25.7 Å². The first kappa shape index (κ1) is 17.6. The molecule has 0 spiro atoms. The predicted octanol–water partition coefficient (Wildman–Crippen LogP) is 2.09. The van der Waals surface area contributed by atoms with Crippen LogP contribution in [0.1, 0.15) is 24.8 Å². The molecule has 0 aromatic heterocycles. The molecular weight excluding hydrogens is 292 g/mol. The first-order valence-electron chi connectivity index (χ1n) is 8.31. The zero-order chi connectivity index (χ0) is 16.7. The Bertz CT molecular complexity index is 519. The quantitative estimate of drug-likeness (QED) is 0.782. The van der Waals surface area contributed by atoms with Crippen molar-refractivity contribution >= 4 is 5.91 Å². The first-order chi connectivity index (χ1) is 11.1. The molecule has 0 bridgehead atoms. The van der Waals surface area contributed by atoms with Gasteiger partial charge in [0.15, 0.2) is 11.5 Å². The second-order valence-electron chi connectivity index (χ2n) is 6.19. The minimum absolute atomic E-state index is 0.148. The maximum atomic E-state index is 12.2. The molecule has 1 atom stereocenters. The summed E-state index contributed by atoms with van der Waals surface area (Å²) in [7, 11) is 5.36. The van der Waals surface area contributed by atoms with Gasteiger partial charge in [-0.05, 0) is 57.0 Å². The first-order valence-corrected chi connectivity index (χ1v) is 8.31. The van der Waals surface area contributed by atoms with Gasteiger partial charge in [0.1, 0.15) is 0 Å². The third-order valence-electron chi connectivity index (χ3n) is 4.38. The SMILES string of the molecule is COc1ccc(CCCNC(=O)[C@H]2CCCN(C)C2)cc1OC. The van der Waals surface area contributed by atoms with E-state index in [2.05, 4.69) is 17.3 Å². The zero-order valence-corrected chi connectivity index (χ0v) is 14.4. The Labute approximate surface area is 139 Å². The van der Waals surface area contributed by atoms with Crippen LogP contribution in [0.5, 0.6) is 11.5 Å². The molecule has 23 heavy (non-hydrogen) atoms. The molecule has 2 rings (SSSR count). The molecule has 5 nitrogen and oxygen atoms in total. The predicted molar refractivity (Wildman–Crippen MR) is 91.1 cm³/mol. The van der Waals surface area contributed by atoms with E-state index in [0.717, 1.165) is 50.3 Å². The van der Waals surface area contributed by atoms with Crippen molar-refractivity contribution in [3.8, 4) is 11.5 Å². The maximum Gasteiger partial charge on any atom is 0.224 e. The second kappa shape index (κ2) is 8.77. The highest BCUT2D eigenvalue weighted by Crippen LogP contribution is 2.27. The summed E-state index contributed by atoms with van der Waals surface area (Å²) < 4.78 is 10.5. The lowest BCUT2D eigenvalue weighted by Crippen LogP contribution is -2.41. The van der Waals surface area contributed by atoms with E-state index in [0.29, 0.717) is 6.54 Å². The van der Waals surface area contributed by atoms with Crippen molar-refractivity contribution in [1.82, 2.24) is 10.2 Å². The highest BCUT2D eigenvalue weighted by molar-refractivity contribution is 5.78. The van der Waals surface area contributed by atoms with Gasteiger partial charge in [0.05, 0.1) is 20.1 Å². The van der Waals surface area contributed by atoms with E-state index in [1.54, 1.807) is 14.2 Å². The number of amides is 1. The largest absolute Gasteiger partial charge is 0.493 e. The smallest absolute Gasteiger partial charge is 0.224 e. The molecular formula is C18H28N2O3. The molecule has 0 saturated carbocycles. The molecule has 1 aromatic carbocycles. The Morgan fingerprint density at radius 2 is 2.09 bits per heavy atom. The number of nitrogens with zero attached hydrogens (tertiary/aromatic N) is 1. The van der Waals surface area contributed by atoms with E-state index in [9.17, 15) is 4.79 Å². The number of carbonyl (C=O) groups excluding carboxylic acids is 1. The summed E-state index contributed by atoms with van der Waals surface area (Å²) in [6.45, 7) is 2.69. The van der Waals surface area contributed by atoms with Crippen molar-refractivity contribution in [1.29, 1.82) is 0 Å². The fourth-order valence-corrected chi connectivity index (χ4v) is 3.06. The molecule has 1 saturated heterocycles. The molecule has 1 heterocycles. The van der Waals surface area contributed by atoms with Crippen molar-refractivity contribution in [2.24, 2.45) is 5.92 Å². The van der Waals surface area contributed by atoms with E-state index in [1.165, 1.54) is 5.56 Å². The highest BCUT2D eigenvalue weighted by atomic mass is 16.5. The van der Waals surface area contributed by atoms with Gasteiger partial charge in [-0.25, -0.2) is 0 Å². The molecule has 1 fully saturated rings. The zero-order valence-electron chi connectivity index (χ0n) is 14.4. The van der Waals surface area contributed by atoms with Crippen LogP contribution in [0, 0.1) is 5.92 Å². The molecule has 1 aliphatic heterocycles. The van der Waals surface area contributed by atoms with E-state index in [1.807, 2.05) is 18.2 Å². The third kappa shape index (κ3) is 5.13. The van der Waals surface area contributed by atoms with Crippen molar-refractivity contribution in [3.63, 3.8) is 0 Å². The van der Waals surface area contributed by atoms with Crippen molar-refractivity contribution < 1.29 is 14.3 Å². The van der Waals surface area contributed by atoms with Crippen molar-refractivity contribution in [2.75, 3.05) is 40.9 Å². The Balaban J connectivity index is 1.73. The number of ether oxygens (including phenoxy) is 2. The number of hydrogen-bond donors (Lipinski definition) is 1. The van der Waals surface area contributed by atoms with Crippen LogP contribution in [0.3, 0.4) is 0 Å². The summed E-state index contributed by atoms with van der Waals surface area (Å²) in [4.78, 5) is 14.4. The Hall–Kier alpha value is -1.75. The number of rotatable bonds is 7. The van der Waals surface area contributed by atoms with Gasteiger partial charge >= 0.3 is 0 Å². The van der Waals surface area contributed by atoms with Crippen LogP contribution < -0.4 is 14.8 Å². The van der Waals surface area contributed by atoms with Gasteiger partial charge in [0.2, 0.25) is 5.91 Å². The molecule has 5 heteroatoms. The molecule has 0 unspecified atom stereocenters. The van der Waals surface area contributed by atoms with Gasteiger partial charge in [-0.3, -0.25) is 4.79 Å². The number of aryl methyl sites for hydroxylation is 1. The topological polar surface area (TPSA) is 50.8 Å². The third-order valence-corrected chi connectivity index (χ3v) is 4.38. The lowest BCUT2D eigenvalue weighted by molar-refractivity contribution is -0.126. The summed E-state index contributed by atoms with van der Waals surface area (Å²) in [6.07, 6.45) is 3.95. The minimum Gasteiger partial charge on any atom is -0.493 e. The van der Waals surface area contributed by atoms with E-state index < -0.39 is 0 Å². The monoisotopic (exact) mass is 320 g/mol. The molecule has 1 N–H and O–H groups in total. The van der Waals surface area contributed by atoms with Crippen LogP contribution in [0.25, 0.3) is 0 Å². The summed E-state index contributed by atoms with van der Waals surface area (Å²) >= 11 is 0. The highest BCUT2D eigenvalue weighted by Gasteiger charge is 2.23. The van der Waals surface area contributed by atoms with Gasteiger partial charge in [0.25, 0.3) is 0 Å². The van der Waals surface area contributed by atoms with Gasteiger partial charge < -0.3 is 19.7 Å². The number of likely N-dealkylation sites (tertiary alicyclic amines) is 1. The van der Waals surface area contributed by atoms with Crippen LogP contribution in [0.15, 0.2) is 18.2 Å². The van der Waals surface area contributed by atoms with Gasteiger partial charge in [-0.2, -0.15) is 0 Å². The number of piperidine rings is 1. The van der Waals surface area contributed by atoms with E-state index in [-0.39, 0.29) is 11.8 Å². The Morgan fingerprint density at radius 3 is 2.78 bits per heavy atom. The lowest BCUT2D eigenvalue weighted by Gasteiger charge is -2.28. The average molecular weight is 320 g/mol. The lowest BCUT2D eigenvalue weighted by atomic mass is 9.97. The average Bonchev–Trinajstić information content (AvgIpc) is 2.58. The fraction of sp³-hybridized carbons (Fsp3) is 0.611. The number of benzene rings is 1. The van der Waals surface area contributed by atoms with Crippen LogP contribution in [-0.2, 0) is 11.2 Å².